The molecule has 0 aliphatic heterocycles. The molecule has 2 N–H and O–H groups in total. The van der Waals surface area contributed by atoms with Crippen LogP contribution in [0.25, 0.3) is 10.9 Å². The SMILES string of the molecule is Nc1ccc2n[c]ccc2c1. The monoisotopic (exact) mass is 143 g/mol. The Balaban J connectivity index is 2.83. The largest absolute Gasteiger partial charge is 0.399 e. The third-order valence-electron chi connectivity index (χ3n) is 1.57. The molecule has 0 aliphatic rings. The van der Waals surface area contributed by atoms with Gasteiger partial charge >= 0.3 is 0 Å². The number of pyridine rings is 1. The van der Waals surface area contributed by atoms with Gasteiger partial charge in [0.2, 0.25) is 0 Å². The smallest absolute Gasteiger partial charge is 0.0894 e. The molecule has 2 nitrogen and oxygen atoms in total. The summed E-state index contributed by atoms with van der Waals surface area (Å²) in [6.07, 6.45) is 2.76. The molecule has 11 heavy (non-hydrogen) atoms. The summed E-state index contributed by atoms with van der Waals surface area (Å²) in [6.45, 7) is 0. The van der Waals surface area contributed by atoms with Crippen molar-refractivity contribution in [1.82, 2.24) is 4.98 Å². The molecular formula is C9H7N2. The van der Waals surface area contributed by atoms with Crippen molar-refractivity contribution in [3.63, 3.8) is 0 Å². The van der Waals surface area contributed by atoms with E-state index in [1.165, 1.54) is 0 Å². The molecule has 0 fully saturated rings. The van der Waals surface area contributed by atoms with Gasteiger partial charge < -0.3 is 5.73 Å². The summed E-state index contributed by atoms with van der Waals surface area (Å²) in [5.41, 5.74) is 7.29. The van der Waals surface area contributed by atoms with Crippen molar-refractivity contribution in [3.8, 4) is 0 Å². The Morgan fingerprint density at radius 3 is 3.09 bits per heavy atom. The van der Waals surface area contributed by atoms with Crippen molar-refractivity contribution in [2.45, 2.75) is 0 Å². The summed E-state index contributed by atoms with van der Waals surface area (Å²) in [4.78, 5) is 4.04. The van der Waals surface area contributed by atoms with Gasteiger partial charge in [0.05, 0.1) is 11.7 Å². The molecule has 2 rings (SSSR count). The van der Waals surface area contributed by atoms with Gasteiger partial charge in [-0.3, -0.25) is 0 Å². The van der Waals surface area contributed by atoms with Crippen LogP contribution < -0.4 is 5.73 Å². The summed E-state index contributed by atoms with van der Waals surface area (Å²) >= 11 is 0. The quantitative estimate of drug-likeness (QED) is 0.569. The molecule has 1 heterocycles. The molecule has 1 radical (unpaired) electrons. The van der Waals surface area contributed by atoms with Crippen molar-refractivity contribution in [1.29, 1.82) is 0 Å². The van der Waals surface area contributed by atoms with Crippen molar-refractivity contribution >= 4 is 16.6 Å². The summed E-state index contributed by atoms with van der Waals surface area (Å²) in [5, 5.41) is 1.06. The third kappa shape index (κ3) is 1.03. The van der Waals surface area contributed by atoms with E-state index in [1.807, 2.05) is 24.3 Å². The molecule has 2 heteroatoms. The Morgan fingerprint density at radius 2 is 2.18 bits per heavy atom. The molecule has 53 valence electrons. The predicted octanol–water partition coefficient (Wildman–Crippen LogP) is 1.62. The maximum Gasteiger partial charge on any atom is 0.0894 e. The fourth-order valence-electron chi connectivity index (χ4n) is 1.04. The van der Waals surface area contributed by atoms with Crippen LogP contribution in [0.5, 0.6) is 0 Å². The van der Waals surface area contributed by atoms with Gasteiger partial charge in [-0.1, -0.05) is 6.07 Å². The lowest BCUT2D eigenvalue weighted by Crippen LogP contribution is -1.84. The normalized spacial score (nSPS) is 10.2. The van der Waals surface area contributed by atoms with Crippen LogP contribution in [0.3, 0.4) is 0 Å². The van der Waals surface area contributed by atoms with E-state index >= 15 is 0 Å². The van der Waals surface area contributed by atoms with Gasteiger partial charge in [-0.2, -0.15) is 0 Å². The van der Waals surface area contributed by atoms with Crippen LogP contribution >= 0.6 is 0 Å². The Kier molecular flexibility index (Phi) is 1.25. The lowest BCUT2D eigenvalue weighted by Gasteiger charge is -1.95. The van der Waals surface area contributed by atoms with Crippen LogP contribution in [-0.4, -0.2) is 4.98 Å². The zero-order valence-electron chi connectivity index (χ0n) is 5.91. The van der Waals surface area contributed by atoms with E-state index in [9.17, 15) is 0 Å². The minimum absolute atomic E-state index is 0.769. The Morgan fingerprint density at radius 1 is 1.27 bits per heavy atom. The highest BCUT2D eigenvalue weighted by Crippen LogP contribution is 2.13. The molecule has 0 unspecified atom stereocenters. The number of nitrogens with zero attached hydrogens (tertiary/aromatic N) is 1. The molecule has 0 spiro atoms. The number of hydrogen-bond acceptors (Lipinski definition) is 2. The van der Waals surface area contributed by atoms with Crippen LogP contribution in [0.15, 0.2) is 30.3 Å². The maximum atomic E-state index is 5.59. The van der Waals surface area contributed by atoms with Gasteiger partial charge in [0.1, 0.15) is 0 Å². The van der Waals surface area contributed by atoms with Crippen molar-refractivity contribution in [3.05, 3.63) is 36.5 Å². The first-order valence-electron chi connectivity index (χ1n) is 3.38. The van der Waals surface area contributed by atoms with Gasteiger partial charge in [0.25, 0.3) is 0 Å². The second kappa shape index (κ2) is 2.23. The first-order valence-corrected chi connectivity index (χ1v) is 3.38. The van der Waals surface area contributed by atoms with Crippen LogP contribution in [0.2, 0.25) is 0 Å². The van der Waals surface area contributed by atoms with E-state index in [-0.39, 0.29) is 0 Å². The molecule has 1 aromatic carbocycles. The van der Waals surface area contributed by atoms with Crippen LogP contribution in [0.4, 0.5) is 5.69 Å². The fourth-order valence-corrected chi connectivity index (χ4v) is 1.04. The topological polar surface area (TPSA) is 38.9 Å². The van der Waals surface area contributed by atoms with Crippen molar-refractivity contribution in [2.75, 3.05) is 5.73 Å². The van der Waals surface area contributed by atoms with Crippen molar-refractivity contribution < 1.29 is 0 Å². The Bertz CT molecular complexity index is 382. The zero-order valence-corrected chi connectivity index (χ0v) is 5.91. The average Bonchev–Trinajstić information content (AvgIpc) is 2.04. The molecule has 0 saturated heterocycles. The van der Waals surface area contributed by atoms with Crippen LogP contribution in [0, 0.1) is 6.20 Å². The number of nitrogens with two attached hydrogens (primary N) is 1. The molecule has 0 aliphatic carbocycles. The first-order chi connectivity index (χ1) is 5.36. The number of anilines is 1. The molecule has 2 aromatic rings. The summed E-state index contributed by atoms with van der Waals surface area (Å²) in [7, 11) is 0. The lowest BCUT2D eigenvalue weighted by atomic mass is 10.2. The third-order valence-corrected chi connectivity index (χ3v) is 1.57. The molecule has 0 bridgehead atoms. The highest BCUT2D eigenvalue weighted by molar-refractivity contribution is 5.81. The highest BCUT2D eigenvalue weighted by Gasteiger charge is 1.91. The minimum atomic E-state index is 0.769. The van der Waals surface area contributed by atoms with Crippen molar-refractivity contribution in [2.24, 2.45) is 0 Å². The number of benzene rings is 1. The van der Waals surface area contributed by atoms with E-state index in [2.05, 4.69) is 11.2 Å². The molecular weight excluding hydrogens is 136 g/mol. The average molecular weight is 143 g/mol. The van der Waals surface area contributed by atoms with E-state index in [1.54, 1.807) is 6.07 Å². The van der Waals surface area contributed by atoms with Crippen LogP contribution in [-0.2, 0) is 0 Å². The van der Waals surface area contributed by atoms with E-state index < -0.39 is 0 Å². The standard InChI is InChI=1S/C9H7N2/c10-8-3-4-9-7(6-8)2-1-5-11-9/h1-4,6H,10H2. The molecule has 0 atom stereocenters. The van der Waals surface area contributed by atoms with E-state index in [0.717, 1.165) is 16.6 Å². The van der Waals surface area contributed by atoms with Gasteiger partial charge in [-0.05, 0) is 24.3 Å². The highest BCUT2D eigenvalue weighted by atomic mass is 14.6. The van der Waals surface area contributed by atoms with Crippen LogP contribution in [0.1, 0.15) is 0 Å². The number of nitrogen functional groups attached to an aromatic ring is 1. The second-order valence-corrected chi connectivity index (χ2v) is 2.39. The lowest BCUT2D eigenvalue weighted by molar-refractivity contribution is 1.39. The molecule has 1 aromatic heterocycles. The molecule has 0 amide bonds. The summed E-state index contributed by atoms with van der Waals surface area (Å²) < 4.78 is 0. The van der Waals surface area contributed by atoms with Gasteiger partial charge in [-0.25, -0.2) is 4.98 Å². The number of rotatable bonds is 0. The van der Waals surface area contributed by atoms with Gasteiger partial charge in [-0.15, -0.1) is 0 Å². The first kappa shape index (κ1) is 6.16. The van der Waals surface area contributed by atoms with Gasteiger partial charge in [0.15, 0.2) is 0 Å². The number of aromatic nitrogens is 1. The predicted molar refractivity (Wildman–Crippen MR) is 45.0 cm³/mol. The minimum Gasteiger partial charge on any atom is -0.399 e. The summed E-state index contributed by atoms with van der Waals surface area (Å²) in [6, 6.07) is 9.35. The van der Waals surface area contributed by atoms with E-state index in [4.69, 9.17) is 5.73 Å². The fraction of sp³-hybridized carbons (Fsp3) is 0. The Labute approximate surface area is 64.7 Å². The molecule has 0 saturated carbocycles. The second-order valence-electron chi connectivity index (χ2n) is 2.39. The summed E-state index contributed by atoms with van der Waals surface area (Å²) in [5.74, 6) is 0. The van der Waals surface area contributed by atoms with Gasteiger partial charge in [0, 0.05) is 11.1 Å². The van der Waals surface area contributed by atoms with E-state index in [0.29, 0.717) is 0 Å². The zero-order chi connectivity index (χ0) is 7.68. The maximum absolute atomic E-state index is 5.59. The number of fused-ring (bicyclic) bond motifs is 1. The number of hydrogen-bond donors (Lipinski definition) is 1. The Hall–Kier alpha value is -1.57.